The number of sulfonamides is 1. The number of benzene rings is 1. The van der Waals surface area contributed by atoms with E-state index in [0.717, 1.165) is 30.8 Å². The van der Waals surface area contributed by atoms with E-state index < -0.39 is 10.0 Å². The minimum absolute atomic E-state index is 0.418. The van der Waals surface area contributed by atoms with Gasteiger partial charge in [0.1, 0.15) is 0 Å². The Morgan fingerprint density at radius 2 is 1.78 bits per heavy atom. The number of allylic oxidation sites excluding steroid dienone is 2. The van der Waals surface area contributed by atoms with Crippen molar-refractivity contribution in [3.63, 3.8) is 0 Å². The molecule has 2 fully saturated rings. The summed E-state index contributed by atoms with van der Waals surface area (Å²) in [5.74, 6) is 2.43. The molecular formula is C18H25N2O2S+. The summed E-state index contributed by atoms with van der Waals surface area (Å²) in [6.07, 6.45) is 7.50. The zero-order valence-electron chi connectivity index (χ0n) is 13.4. The van der Waals surface area contributed by atoms with Gasteiger partial charge < -0.3 is 4.90 Å². The zero-order chi connectivity index (χ0) is 15.9. The van der Waals surface area contributed by atoms with E-state index in [9.17, 15) is 8.42 Å². The fourth-order valence-electron chi connectivity index (χ4n) is 4.49. The van der Waals surface area contributed by atoms with E-state index >= 15 is 0 Å². The van der Waals surface area contributed by atoms with E-state index in [2.05, 4.69) is 12.2 Å². The van der Waals surface area contributed by atoms with Crippen LogP contribution in [0.25, 0.3) is 0 Å². The topological polar surface area (TPSA) is 41.8 Å². The zero-order valence-corrected chi connectivity index (χ0v) is 14.2. The molecule has 5 heteroatoms. The van der Waals surface area contributed by atoms with Gasteiger partial charge in [-0.15, -0.1) is 0 Å². The molecule has 3 aliphatic rings. The Bertz CT molecular complexity index is 678. The van der Waals surface area contributed by atoms with Gasteiger partial charge >= 0.3 is 0 Å². The van der Waals surface area contributed by atoms with E-state index in [0.29, 0.717) is 18.0 Å². The third-order valence-corrected chi connectivity index (χ3v) is 7.69. The first-order valence-electron chi connectivity index (χ1n) is 8.70. The van der Waals surface area contributed by atoms with Crippen LogP contribution in [0.3, 0.4) is 0 Å². The summed E-state index contributed by atoms with van der Waals surface area (Å²) in [5.41, 5.74) is 0. The summed E-state index contributed by atoms with van der Waals surface area (Å²) < 4.78 is 27.0. The molecule has 0 aromatic heterocycles. The van der Waals surface area contributed by atoms with Crippen molar-refractivity contribution in [3.8, 4) is 0 Å². The Morgan fingerprint density at radius 1 is 1.04 bits per heavy atom. The molecule has 1 aliphatic heterocycles. The van der Waals surface area contributed by atoms with Crippen LogP contribution in [0.5, 0.6) is 0 Å². The molecule has 1 heterocycles. The molecule has 2 aliphatic carbocycles. The van der Waals surface area contributed by atoms with E-state index in [1.807, 2.05) is 6.07 Å². The molecule has 3 atom stereocenters. The maximum absolute atomic E-state index is 12.7. The summed E-state index contributed by atoms with van der Waals surface area (Å²) in [4.78, 5) is 2.00. The van der Waals surface area contributed by atoms with Crippen molar-refractivity contribution in [1.82, 2.24) is 4.31 Å². The number of nitrogens with zero attached hydrogens (tertiary/aromatic N) is 1. The molecule has 1 saturated carbocycles. The summed E-state index contributed by atoms with van der Waals surface area (Å²) in [5, 5.41) is 0. The van der Waals surface area contributed by atoms with Crippen LogP contribution < -0.4 is 4.90 Å². The number of piperazine rings is 1. The van der Waals surface area contributed by atoms with E-state index in [1.54, 1.807) is 33.5 Å². The molecule has 2 bridgehead atoms. The second kappa shape index (κ2) is 6.04. The van der Waals surface area contributed by atoms with Crippen LogP contribution >= 0.6 is 0 Å². The fourth-order valence-corrected chi connectivity index (χ4v) is 5.95. The molecular weight excluding hydrogens is 308 g/mol. The molecule has 124 valence electrons. The van der Waals surface area contributed by atoms with Gasteiger partial charge in [0.25, 0.3) is 0 Å². The fraction of sp³-hybridized carbons (Fsp3) is 0.556. The molecule has 0 radical (unpaired) electrons. The lowest BCUT2D eigenvalue weighted by Crippen LogP contribution is -3.15. The van der Waals surface area contributed by atoms with Gasteiger partial charge in [0.2, 0.25) is 10.0 Å². The highest BCUT2D eigenvalue weighted by molar-refractivity contribution is 7.89. The smallest absolute Gasteiger partial charge is 0.243 e. The van der Waals surface area contributed by atoms with Crippen LogP contribution in [0.4, 0.5) is 0 Å². The third kappa shape index (κ3) is 2.97. The molecule has 0 spiro atoms. The maximum Gasteiger partial charge on any atom is 0.243 e. The van der Waals surface area contributed by atoms with Gasteiger partial charge in [-0.25, -0.2) is 8.42 Å². The van der Waals surface area contributed by atoms with Gasteiger partial charge in [-0.2, -0.15) is 4.31 Å². The largest absolute Gasteiger partial charge is 0.332 e. The average Bonchev–Trinajstić information content (AvgIpc) is 3.19. The molecule has 23 heavy (non-hydrogen) atoms. The Hall–Kier alpha value is -1.17. The highest BCUT2D eigenvalue weighted by atomic mass is 32.2. The quantitative estimate of drug-likeness (QED) is 0.828. The molecule has 1 aromatic rings. The lowest BCUT2D eigenvalue weighted by atomic mass is 9.93. The van der Waals surface area contributed by atoms with Crippen molar-refractivity contribution in [3.05, 3.63) is 42.5 Å². The minimum atomic E-state index is -3.31. The monoisotopic (exact) mass is 333 g/mol. The first kappa shape index (κ1) is 15.4. The van der Waals surface area contributed by atoms with Gasteiger partial charge in [0.05, 0.1) is 37.6 Å². The second-order valence-electron chi connectivity index (χ2n) is 7.21. The van der Waals surface area contributed by atoms with Gasteiger partial charge in [0, 0.05) is 5.92 Å². The maximum atomic E-state index is 12.7. The lowest BCUT2D eigenvalue weighted by molar-refractivity contribution is -0.907. The third-order valence-electron chi connectivity index (χ3n) is 5.78. The average molecular weight is 333 g/mol. The number of hydrogen-bond donors (Lipinski definition) is 1. The van der Waals surface area contributed by atoms with Gasteiger partial charge in [-0.1, -0.05) is 30.4 Å². The van der Waals surface area contributed by atoms with Crippen molar-refractivity contribution in [1.29, 1.82) is 0 Å². The number of fused-ring (bicyclic) bond motifs is 2. The van der Waals surface area contributed by atoms with Crippen molar-refractivity contribution >= 4 is 10.0 Å². The van der Waals surface area contributed by atoms with Crippen LogP contribution in [0.15, 0.2) is 47.4 Å². The molecule has 1 saturated heterocycles. The molecule has 0 unspecified atom stereocenters. The summed E-state index contributed by atoms with van der Waals surface area (Å²) in [6.45, 7) is 4.37. The normalized spacial score (nSPS) is 31.7. The van der Waals surface area contributed by atoms with E-state index in [-0.39, 0.29) is 0 Å². The Morgan fingerprint density at radius 3 is 2.39 bits per heavy atom. The SMILES string of the molecule is O=S(=O)(c1ccccc1)N1CC[NH+](C[C@@H]2C[C@H]3C=C[C@@H]2C3)CC1. The molecule has 1 N–H and O–H groups in total. The Kier molecular flexibility index (Phi) is 4.03. The number of quaternary nitrogens is 1. The van der Waals surface area contributed by atoms with Crippen LogP contribution in [-0.2, 0) is 10.0 Å². The highest BCUT2D eigenvalue weighted by Crippen LogP contribution is 2.42. The minimum Gasteiger partial charge on any atom is -0.332 e. The van der Waals surface area contributed by atoms with Crippen LogP contribution in [0, 0.1) is 17.8 Å². The van der Waals surface area contributed by atoms with Gasteiger partial charge in [-0.3, -0.25) is 0 Å². The van der Waals surface area contributed by atoms with Gasteiger partial charge in [-0.05, 0) is 36.8 Å². The number of hydrogen-bond acceptors (Lipinski definition) is 2. The van der Waals surface area contributed by atoms with E-state index in [4.69, 9.17) is 0 Å². The van der Waals surface area contributed by atoms with E-state index in [1.165, 1.54) is 19.4 Å². The summed E-state index contributed by atoms with van der Waals surface area (Å²) in [6, 6.07) is 8.81. The molecule has 1 aromatic carbocycles. The van der Waals surface area contributed by atoms with Crippen molar-refractivity contribution in [2.75, 3.05) is 32.7 Å². The highest BCUT2D eigenvalue weighted by Gasteiger charge is 2.39. The lowest BCUT2D eigenvalue weighted by Gasteiger charge is -2.33. The number of rotatable bonds is 4. The first-order chi connectivity index (χ1) is 11.1. The van der Waals surface area contributed by atoms with Crippen LogP contribution in [-0.4, -0.2) is 45.4 Å². The van der Waals surface area contributed by atoms with Crippen LogP contribution in [0.1, 0.15) is 12.8 Å². The predicted molar refractivity (Wildman–Crippen MR) is 89.6 cm³/mol. The van der Waals surface area contributed by atoms with Crippen molar-refractivity contribution < 1.29 is 13.3 Å². The molecule has 4 nitrogen and oxygen atoms in total. The Balaban J connectivity index is 1.35. The molecule has 4 rings (SSSR count). The van der Waals surface area contributed by atoms with Gasteiger partial charge in [0.15, 0.2) is 0 Å². The first-order valence-corrected chi connectivity index (χ1v) is 10.1. The Labute approximate surface area is 138 Å². The number of nitrogens with one attached hydrogen (secondary N) is 1. The summed E-state index contributed by atoms with van der Waals surface area (Å²) >= 11 is 0. The predicted octanol–water partition coefficient (Wildman–Crippen LogP) is 0.788. The summed E-state index contributed by atoms with van der Waals surface area (Å²) in [7, 11) is -3.31. The standard InChI is InChI=1S/C18H24N2O2S/c21-23(22,18-4-2-1-3-5-18)20-10-8-19(9-11-20)14-17-13-15-6-7-16(17)12-15/h1-7,15-17H,8-14H2/p+1/t15-,16+,17-/m0/s1. The second-order valence-corrected chi connectivity index (χ2v) is 9.15. The van der Waals surface area contributed by atoms with Crippen molar-refractivity contribution in [2.24, 2.45) is 17.8 Å². The molecule has 0 amide bonds. The van der Waals surface area contributed by atoms with Crippen molar-refractivity contribution in [2.45, 2.75) is 17.7 Å². The van der Waals surface area contributed by atoms with Crippen LogP contribution in [0.2, 0.25) is 0 Å².